The molecule has 0 aliphatic heterocycles. The molecule has 0 bridgehead atoms. The fourth-order valence-electron chi connectivity index (χ4n) is 0.695. The lowest BCUT2D eigenvalue weighted by molar-refractivity contribution is 0.467. The van der Waals surface area contributed by atoms with Gasteiger partial charge in [-0.1, -0.05) is 32.2 Å². The first-order valence-electron chi connectivity index (χ1n) is 5.10. The van der Waals surface area contributed by atoms with Crippen molar-refractivity contribution in [1.82, 2.24) is 5.09 Å². The van der Waals surface area contributed by atoms with Crippen molar-refractivity contribution >= 4 is 35.1 Å². The SMILES string of the molecule is CCCN=CNP(=S)(OC)SCC(C)C. The summed E-state index contributed by atoms with van der Waals surface area (Å²) < 4.78 is 5.35. The molecule has 3 nitrogen and oxygen atoms in total. The molecular weight excluding hydrogens is 247 g/mol. The largest absolute Gasteiger partial charge is 0.330 e. The quantitative estimate of drug-likeness (QED) is 0.416. The Morgan fingerprint density at radius 2 is 2.27 bits per heavy atom. The second-order valence-electron chi connectivity index (χ2n) is 3.53. The molecule has 6 heteroatoms. The van der Waals surface area contributed by atoms with Crippen LogP contribution in [0.1, 0.15) is 27.2 Å². The van der Waals surface area contributed by atoms with Gasteiger partial charge < -0.3 is 9.61 Å². The predicted octanol–water partition coefficient (Wildman–Crippen LogP) is 3.27. The molecule has 0 rings (SSSR count). The van der Waals surface area contributed by atoms with E-state index in [1.54, 1.807) is 24.8 Å². The van der Waals surface area contributed by atoms with E-state index in [4.69, 9.17) is 16.3 Å². The Labute approximate surface area is 102 Å². The van der Waals surface area contributed by atoms with E-state index in [1.807, 2.05) is 0 Å². The Morgan fingerprint density at radius 3 is 2.73 bits per heavy atom. The Balaban J connectivity index is 4.01. The van der Waals surface area contributed by atoms with Crippen LogP contribution in [0.25, 0.3) is 0 Å². The van der Waals surface area contributed by atoms with Crippen LogP contribution in [0.15, 0.2) is 4.99 Å². The molecule has 0 heterocycles. The first kappa shape index (κ1) is 15.4. The highest BCUT2D eigenvalue weighted by atomic mass is 32.9. The van der Waals surface area contributed by atoms with Crippen molar-refractivity contribution in [3.8, 4) is 0 Å². The minimum Gasteiger partial charge on any atom is -0.330 e. The molecule has 1 unspecified atom stereocenters. The third-order valence-corrected chi connectivity index (χ3v) is 7.49. The predicted molar refractivity (Wildman–Crippen MR) is 75.4 cm³/mol. The van der Waals surface area contributed by atoms with Crippen LogP contribution in [0.4, 0.5) is 0 Å². The van der Waals surface area contributed by atoms with Crippen molar-refractivity contribution in [2.24, 2.45) is 10.9 Å². The summed E-state index contributed by atoms with van der Waals surface area (Å²) in [5.74, 6) is 1.64. The minimum absolute atomic E-state index is 0.627. The van der Waals surface area contributed by atoms with Gasteiger partial charge in [0.05, 0.1) is 6.34 Å². The topological polar surface area (TPSA) is 33.6 Å². The van der Waals surface area contributed by atoms with E-state index in [-0.39, 0.29) is 0 Å². The molecular formula is C9H21N2OPS2. The minimum atomic E-state index is -1.94. The van der Waals surface area contributed by atoms with Gasteiger partial charge in [-0.3, -0.25) is 4.99 Å². The lowest BCUT2D eigenvalue weighted by atomic mass is 10.3. The van der Waals surface area contributed by atoms with Gasteiger partial charge in [0.1, 0.15) is 0 Å². The van der Waals surface area contributed by atoms with E-state index in [2.05, 4.69) is 30.9 Å². The molecule has 0 radical (unpaired) electrons. The first-order chi connectivity index (χ1) is 7.04. The lowest BCUT2D eigenvalue weighted by Crippen LogP contribution is -2.08. The molecule has 0 aromatic rings. The van der Waals surface area contributed by atoms with E-state index in [9.17, 15) is 0 Å². The van der Waals surface area contributed by atoms with Gasteiger partial charge in [0.25, 0.3) is 0 Å². The fourth-order valence-corrected chi connectivity index (χ4v) is 4.55. The van der Waals surface area contributed by atoms with Gasteiger partial charge in [-0.05, 0) is 24.1 Å². The second-order valence-corrected chi connectivity index (χ2v) is 10.3. The smallest absolute Gasteiger partial charge is 0.210 e. The summed E-state index contributed by atoms with van der Waals surface area (Å²) in [5.41, 5.74) is -1.94. The van der Waals surface area contributed by atoms with Gasteiger partial charge >= 0.3 is 0 Å². The van der Waals surface area contributed by atoms with Crippen molar-refractivity contribution in [2.45, 2.75) is 27.2 Å². The maximum atomic E-state index is 5.42. The van der Waals surface area contributed by atoms with E-state index in [1.165, 1.54) is 0 Å². The molecule has 0 aliphatic rings. The third kappa shape index (κ3) is 8.26. The normalized spacial score (nSPS) is 15.8. The number of nitrogens with one attached hydrogen (secondary N) is 1. The van der Waals surface area contributed by atoms with Gasteiger partial charge in [-0.15, -0.1) is 0 Å². The van der Waals surface area contributed by atoms with Crippen LogP contribution < -0.4 is 5.09 Å². The highest BCUT2D eigenvalue weighted by molar-refractivity contribution is 8.68. The molecule has 0 fully saturated rings. The summed E-state index contributed by atoms with van der Waals surface area (Å²) in [6, 6.07) is 0. The standard InChI is InChI=1S/C9H21N2OPS2/c1-5-6-10-8-11-13(14,12-4)15-7-9(2)3/h8-9H,5-7H2,1-4H3,(H,10,11,14). The van der Waals surface area contributed by atoms with Crippen LogP contribution in [0.3, 0.4) is 0 Å². The Hall–Kier alpha value is 0.430. The van der Waals surface area contributed by atoms with Crippen LogP contribution in [0, 0.1) is 5.92 Å². The number of rotatable bonds is 8. The Morgan fingerprint density at radius 1 is 1.60 bits per heavy atom. The van der Waals surface area contributed by atoms with Crippen LogP contribution in [-0.4, -0.2) is 25.7 Å². The Bertz CT molecular complexity index is 234. The van der Waals surface area contributed by atoms with Gasteiger partial charge in [-0.2, -0.15) is 0 Å². The maximum absolute atomic E-state index is 5.42. The maximum Gasteiger partial charge on any atom is 0.210 e. The average molecular weight is 268 g/mol. The zero-order valence-corrected chi connectivity index (χ0v) is 12.4. The third-order valence-electron chi connectivity index (χ3n) is 1.48. The molecule has 0 amide bonds. The average Bonchev–Trinajstić information content (AvgIpc) is 2.22. The molecule has 1 atom stereocenters. The monoisotopic (exact) mass is 268 g/mol. The van der Waals surface area contributed by atoms with Gasteiger partial charge in [0, 0.05) is 19.4 Å². The molecule has 90 valence electrons. The lowest BCUT2D eigenvalue weighted by Gasteiger charge is -2.19. The Kier molecular flexibility index (Phi) is 8.81. The fraction of sp³-hybridized carbons (Fsp3) is 0.889. The van der Waals surface area contributed by atoms with E-state index >= 15 is 0 Å². The van der Waals surface area contributed by atoms with Crippen molar-refractivity contribution in [2.75, 3.05) is 19.4 Å². The van der Waals surface area contributed by atoms with E-state index < -0.39 is 5.62 Å². The molecule has 0 saturated carbocycles. The zero-order valence-electron chi connectivity index (χ0n) is 9.90. The van der Waals surface area contributed by atoms with Crippen LogP contribution in [-0.2, 0) is 16.3 Å². The molecule has 0 aromatic heterocycles. The van der Waals surface area contributed by atoms with Gasteiger partial charge in [0.15, 0.2) is 0 Å². The van der Waals surface area contributed by atoms with Crippen molar-refractivity contribution in [3.63, 3.8) is 0 Å². The number of aliphatic imine (C=N–C) groups is 1. The van der Waals surface area contributed by atoms with Crippen molar-refractivity contribution < 1.29 is 4.52 Å². The van der Waals surface area contributed by atoms with Crippen LogP contribution >= 0.6 is 17.0 Å². The molecule has 15 heavy (non-hydrogen) atoms. The van der Waals surface area contributed by atoms with Crippen molar-refractivity contribution in [1.29, 1.82) is 0 Å². The molecule has 0 aliphatic carbocycles. The summed E-state index contributed by atoms with van der Waals surface area (Å²) in [4.78, 5) is 4.18. The zero-order chi connectivity index (χ0) is 11.7. The number of nitrogens with zero attached hydrogens (tertiary/aromatic N) is 1. The molecule has 0 aromatic carbocycles. The number of hydrogen-bond donors (Lipinski definition) is 1. The highest BCUT2D eigenvalue weighted by Crippen LogP contribution is 2.55. The summed E-state index contributed by atoms with van der Waals surface area (Å²) in [6.45, 7) is 7.28. The molecule has 0 spiro atoms. The summed E-state index contributed by atoms with van der Waals surface area (Å²) in [7, 11) is 1.66. The van der Waals surface area contributed by atoms with Gasteiger partial charge in [-0.25, -0.2) is 0 Å². The summed E-state index contributed by atoms with van der Waals surface area (Å²) in [5, 5.41) is 3.11. The summed E-state index contributed by atoms with van der Waals surface area (Å²) >= 11 is 7.11. The number of hydrogen-bond acceptors (Lipinski definition) is 4. The summed E-state index contributed by atoms with van der Waals surface area (Å²) in [6.07, 6.45) is 2.74. The second kappa shape index (κ2) is 8.57. The molecule has 1 N–H and O–H groups in total. The van der Waals surface area contributed by atoms with Crippen molar-refractivity contribution in [3.05, 3.63) is 0 Å². The van der Waals surface area contributed by atoms with Crippen LogP contribution in [0.2, 0.25) is 0 Å². The van der Waals surface area contributed by atoms with Crippen LogP contribution in [0.5, 0.6) is 0 Å². The highest BCUT2D eigenvalue weighted by Gasteiger charge is 2.15. The first-order valence-corrected chi connectivity index (χ1v) is 9.41. The molecule has 0 saturated heterocycles. The van der Waals surface area contributed by atoms with E-state index in [0.29, 0.717) is 5.92 Å². The van der Waals surface area contributed by atoms with Gasteiger partial charge in [0.2, 0.25) is 5.62 Å². The van der Waals surface area contributed by atoms with E-state index in [0.717, 1.165) is 18.7 Å².